The Kier molecular flexibility index (Phi) is 4.01. The van der Waals surface area contributed by atoms with Crippen molar-refractivity contribution in [3.05, 3.63) is 79.1 Å². The van der Waals surface area contributed by atoms with E-state index in [1.54, 1.807) is 13.3 Å². The summed E-state index contributed by atoms with van der Waals surface area (Å²) >= 11 is 0. The first kappa shape index (κ1) is 15.1. The van der Waals surface area contributed by atoms with Gasteiger partial charge in [-0.05, 0) is 47.0 Å². The molecule has 2 heterocycles. The van der Waals surface area contributed by atoms with Gasteiger partial charge in [-0.15, -0.1) is 0 Å². The van der Waals surface area contributed by atoms with Crippen LogP contribution in [-0.4, -0.2) is 22.3 Å². The summed E-state index contributed by atoms with van der Waals surface area (Å²) in [6.07, 6.45) is 3.69. The van der Waals surface area contributed by atoms with Crippen LogP contribution in [0.25, 0.3) is 33.6 Å². The molecule has 0 amide bonds. The van der Waals surface area contributed by atoms with Crippen molar-refractivity contribution in [3.8, 4) is 39.4 Å². The highest BCUT2D eigenvalue weighted by Gasteiger charge is 2.12. The molecule has 0 aliphatic carbocycles. The number of aromatic nitrogens is 3. The van der Waals surface area contributed by atoms with E-state index in [0.717, 1.165) is 39.4 Å². The van der Waals surface area contributed by atoms with Gasteiger partial charge >= 0.3 is 0 Å². The van der Waals surface area contributed by atoms with Gasteiger partial charge in [0, 0.05) is 18.0 Å². The first-order valence-electron chi connectivity index (χ1n) is 8.05. The summed E-state index contributed by atoms with van der Waals surface area (Å²) in [5, 5.41) is 7.35. The Morgan fingerprint density at radius 3 is 2.44 bits per heavy atom. The van der Waals surface area contributed by atoms with E-state index in [-0.39, 0.29) is 0 Å². The molecule has 4 rings (SSSR count). The van der Waals surface area contributed by atoms with E-state index >= 15 is 0 Å². The van der Waals surface area contributed by atoms with Crippen LogP contribution in [0, 0.1) is 0 Å². The van der Waals surface area contributed by atoms with Gasteiger partial charge in [-0.2, -0.15) is 5.10 Å². The van der Waals surface area contributed by atoms with Crippen LogP contribution in [0.3, 0.4) is 0 Å². The highest BCUT2D eigenvalue weighted by Crippen LogP contribution is 2.32. The van der Waals surface area contributed by atoms with E-state index in [0.29, 0.717) is 0 Å². The van der Waals surface area contributed by atoms with Crippen LogP contribution < -0.4 is 4.74 Å². The Labute approximate surface area is 146 Å². The zero-order valence-corrected chi connectivity index (χ0v) is 13.8. The van der Waals surface area contributed by atoms with E-state index in [9.17, 15) is 0 Å². The number of ether oxygens (including phenoxy) is 1. The van der Waals surface area contributed by atoms with Crippen LogP contribution in [0.5, 0.6) is 5.75 Å². The fourth-order valence-corrected chi connectivity index (χ4v) is 2.86. The minimum atomic E-state index is 0.854. The average Bonchev–Trinajstić information content (AvgIpc) is 3.19. The highest BCUT2D eigenvalue weighted by molar-refractivity contribution is 5.81. The molecule has 1 N–H and O–H groups in total. The van der Waals surface area contributed by atoms with Crippen LogP contribution in [-0.2, 0) is 0 Å². The minimum Gasteiger partial charge on any atom is -0.497 e. The average molecular weight is 327 g/mol. The smallest absolute Gasteiger partial charge is 0.118 e. The van der Waals surface area contributed by atoms with Crippen molar-refractivity contribution >= 4 is 0 Å². The minimum absolute atomic E-state index is 0.854. The molecule has 122 valence electrons. The monoisotopic (exact) mass is 327 g/mol. The summed E-state index contributed by atoms with van der Waals surface area (Å²) < 4.78 is 5.23. The molecule has 25 heavy (non-hydrogen) atoms. The fourth-order valence-electron chi connectivity index (χ4n) is 2.86. The summed E-state index contributed by atoms with van der Waals surface area (Å²) in [6.45, 7) is 0. The van der Waals surface area contributed by atoms with Crippen molar-refractivity contribution in [3.63, 3.8) is 0 Å². The van der Waals surface area contributed by atoms with Crippen molar-refractivity contribution in [1.29, 1.82) is 0 Å². The lowest BCUT2D eigenvalue weighted by Gasteiger charge is -2.07. The topological polar surface area (TPSA) is 50.8 Å². The number of benzene rings is 2. The van der Waals surface area contributed by atoms with Gasteiger partial charge in [0.25, 0.3) is 0 Å². The van der Waals surface area contributed by atoms with Gasteiger partial charge in [0.15, 0.2) is 0 Å². The van der Waals surface area contributed by atoms with E-state index in [1.165, 1.54) is 0 Å². The quantitative estimate of drug-likeness (QED) is 0.585. The Morgan fingerprint density at radius 1 is 0.840 bits per heavy atom. The molecule has 0 aliphatic rings. The van der Waals surface area contributed by atoms with Crippen molar-refractivity contribution < 1.29 is 4.74 Å². The molecule has 0 saturated carbocycles. The Morgan fingerprint density at radius 2 is 1.68 bits per heavy atom. The summed E-state index contributed by atoms with van der Waals surface area (Å²) in [5.41, 5.74) is 6.14. The third kappa shape index (κ3) is 3.02. The van der Waals surface area contributed by atoms with Crippen LogP contribution in [0.1, 0.15) is 0 Å². The lowest BCUT2D eigenvalue weighted by Crippen LogP contribution is -1.87. The summed E-state index contributed by atoms with van der Waals surface area (Å²) in [4.78, 5) is 4.41. The number of nitrogens with zero attached hydrogens (tertiary/aromatic N) is 2. The SMILES string of the molecule is COc1ccc(-c2cccc(-c3c[nH]nc3-c3ccccn3)c2)cc1. The van der Waals surface area contributed by atoms with E-state index in [2.05, 4.69) is 51.6 Å². The Bertz CT molecular complexity index is 975. The molecule has 0 spiro atoms. The summed E-state index contributed by atoms with van der Waals surface area (Å²) in [7, 11) is 1.67. The molecular weight excluding hydrogens is 310 g/mol. The lowest BCUT2D eigenvalue weighted by molar-refractivity contribution is 0.415. The number of hydrogen-bond donors (Lipinski definition) is 1. The van der Waals surface area contributed by atoms with Crippen LogP contribution >= 0.6 is 0 Å². The highest BCUT2D eigenvalue weighted by atomic mass is 16.5. The van der Waals surface area contributed by atoms with Crippen molar-refractivity contribution in [2.75, 3.05) is 7.11 Å². The number of methoxy groups -OCH3 is 1. The van der Waals surface area contributed by atoms with Gasteiger partial charge < -0.3 is 4.74 Å². The molecule has 0 bridgehead atoms. The Hall–Kier alpha value is -3.40. The Balaban J connectivity index is 1.74. The molecular formula is C21H17N3O. The molecule has 4 heteroatoms. The number of pyridine rings is 1. The zero-order chi connectivity index (χ0) is 17.1. The second-order valence-corrected chi connectivity index (χ2v) is 5.67. The maximum absolute atomic E-state index is 5.23. The van der Waals surface area contributed by atoms with Crippen molar-refractivity contribution in [1.82, 2.24) is 15.2 Å². The van der Waals surface area contributed by atoms with E-state index < -0.39 is 0 Å². The maximum Gasteiger partial charge on any atom is 0.118 e. The van der Waals surface area contributed by atoms with Crippen LogP contribution in [0.2, 0.25) is 0 Å². The molecule has 0 fully saturated rings. The third-order valence-electron chi connectivity index (χ3n) is 4.14. The number of rotatable bonds is 4. The van der Waals surface area contributed by atoms with Gasteiger partial charge in [0.05, 0.1) is 12.8 Å². The van der Waals surface area contributed by atoms with Gasteiger partial charge in [-0.25, -0.2) is 0 Å². The number of hydrogen-bond acceptors (Lipinski definition) is 3. The summed E-state index contributed by atoms with van der Waals surface area (Å²) in [6, 6.07) is 22.3. The van der Waals surface area contributed by atoms with Gasteiger partial charge in [0.1, 0.15) is 11.4 Å². The number of H-pyrrole nitrogens is 1. The molecule has 4 nitrogen and oxygen atoms in total. The van der Waals surface area contributed by atoms with Crippen LogP contribution in [0.15, 0.2) is 79.1 Å². The van der Waals surface area contributed by atoms with E-state index in [1.807, 2.05) is 36.5 Å². The molecule has 0 radical (unpaired) electrons. The fraction of sp³-hybridized carbons (Fsp3) is 0.0476. The third-order valence-corrected chi connectivity index (χ3v) is 4.14. The predicted molar refractivity (Wildman–Crippen MR) is 99.2 cm³/mol. The predicted octanol–water partition coefficient (Wildman–Crippen LogP) is 4.81. The zero-order valence-electron chi connectivity index (χ0n) is 13.8. The molecule has 0 saturated heterocycles. The second-order valence-electron chi connectivity index (χ2n) is 5.67. The van der Waals surface area contributed by atoms with E-state index in [4.69, 9.17) is 4.74 Å². The first-order chi connectivity index (χ1) is 12.3. The molecule has 0 unspecified atom stereocenters. The van der Waals surface area contributed by atoms with Gasteiger partial charge in [-0.3, -0.25) is 10.1 Å². The largest absolute Gasteiger partial charge is 0.497 e. The first-order valence-corrected chi connectivity index (χ1v) is 8.05. The summed E-state index contributed by atoms with van der Waals surface area (Å²) in [5.74, 6) is 0.854. The van der Waals surface area contributed by atoms with Crippen molar-refractivity contribution in [2.24, 2.45) is 0 Å². The van der Waals surface area contributed by atoms with Crippen molar-refractivity contribution in [2.45, 2.75) is 0 Å². The molecule has 0 atom stereocenters. The van der Waals surface area contributed by atoms with Gasteiger partial charge in [0.2, 0.25) is 0 Å². The maximum atomic E-state index is 5.23. The van der Waals surface area contributed by atoms with Crippen LogP contribution in [0.4, 0.5) is 0 Å². The number of nitrogens with one attached hydrogen (secondary N) is 1. The number of aromatic amines is 1. The standard InChI is InChI=1S/C21H17N3O/c1-25-18-10-8-15(9-11-18)16-5-4-6-17(13-16)19-14-23-24-21(19)20-7-2-3-12-22-20/h2-14H,1H3,(H,23,24). The molecule has 2 aromatic carbocycles. The normalized spacial score (nSPS) is 10.6. The lowest BCUT2D eigenvalue weighted by atomic mass is 9.98. The molecule has 4 aromatic rings. The van der Waals surface area contributed by atoms with Gasteiger partial charge in [-0.1, -0.05) is 36.4 Å². The molecule has 0 aliphatic heterocycles. The second kappa shape index (κ2) is 6.61. The molecule has 2 aromatic heterocycles.